The summed E-state index contributed by atoms with van der Waals surface area (Å²) in [5, 5.41) is 0.426. The topological polar surface area (TPSA) is 26.3 Å². The summed E-state index contributed by atoms with van der Waals surface area (Å²) in [4.78, 5) is 13.3. The Labute approximate surface area is 161 Å². The maximum absolute atomic E-state index is 13.1. The van der Waals surface area contributed by atoms with Gasteiger partial charge in [-0.3, -0.25) is 0 Å². The van der Waals surface area contributed by atoms with Gasteiger partial charge in [0.2, 0.25) is 0 Å². The lowest BCUT2D eigenvalue weighted by Gasteiger charge is -2.39. The molecular weight excluding hydrogens is 397 g/mol. The van der Waals surface area contributed by atoms with Crippen molar-refractivity contribution in [3.8, 4) is 0 Å². The second kappa shape index (κ2) is 7.66. The highest BCUT2D eigenvalue weighted by Crippen LogP contribution is 2.69. The van der Waals surface area contributed by atoms with Crippen molar-refractivity contribution in [2.24, 2.45) is 0 Å². The summed E-state index contributed by atoms with van der Waals surface area (Å²) in [6.45, 7) is 0. The van der Waals surface area contributed by atoms with Crippen molar-refractivity contribution in [1.82, 2.24) is 0 Å². The molecule has 2 nitrogen and oxygen atoms in total. The van der Waals surface area contributed by atoms with Crippen LogP contribution in [-0.2, 0) is 8.98 Å². The first-order valence-corrected chi connectivity index (χ1v) is 9.77. The predicted molar refractivity (Wildman–Crippen MR) is 98.9 cm³/mol. The molecule has 0 fully saturated rings. The first kappa shape index (κ1) is 19.3. The minimum atomic E-state index is -5.12. The lowest BCUT2D eigenvalue weighted by atomic mass is 10.4. The summed E-state index contributed by atoms with van der Waals surface area (Å²) in [7, 11) is -2.96. The van der Waals surface area contributed by atoms with Crippen molar-refractivity contribution < 1.29 is 22.1 Å². The molecule has 140 valence electrons. The highest BCUT2D eigenvalue weighted by molar-refractivity contribution is 8.30. The summed E-state index contributed by atoms with van der Waals surface area (Å²) in [5.41, 5.74) is 0. The van der Waals surface area contributed by atoms with E-state index in [1.807, 2.05) is 0 Å². The summed E-state index contributed by atoms with van der Waals surface area (Å²) in [5.74, 6) is -2.24. The van der Waals surface area contributed by atoms with Gasteiger partial charge in [0, 0.05) is 19.7 Å². The Morgan fingerprint density at radius 2 is 1.15 bits per heavy atom. The first-order chi connectivity index (χ1) is 12.8. The molecule has 0 aliphatic carbocycles. The molecule has 3 aromatic carbocycles. The molecule has 0 atom stereocenters. The number of hydrogen-bond donors (Lipinski definition) is 0. The van der Waals surface area contributed by atoms with Gasteiger partial charge in [-0.05, 0) is 58.8 Å². The van der Waals surface area contributed by atoms with E-state index in [1.165, 1.54) is 0 Å². The number of rotatable bonds is 4. The Bertz CT molecular complexity index is 874. The minimum Gasteiger partial charge on any atom is -0.395 e. The molecule has 3 aromatic rings. The van der Waals surface area contributed by atoms with Gasteiger partial charge < -0.3 is 4.18 Å². The third-order valence-corrected chi connectivity index (χ3v) is 7.19. The van der Waals surface area contributed by atoms with Crippen molar-refractivity contribution in [2.45, 2.75) is 20.9 Å². The lowest BCUT2D eigenvalue weighted by Crippen LogP contribution is -2.27. The van der Waals surface area contributed by atoms with Crippen LogP contribution in [0.1, 0.15) is 0 Å². The van der Waals surface area contributed by atoms with Crippen LogP contribution in [0.4, 0.5) is 13.2 Å². The Balaban J connectivity index is 2.31. The molecule has 0 radical (unpaired) electrons. The van der Waals surface area contributed by atoms with Gasteiger partial charge in [-0.1, -0.05) is 48.0 Å². The summed E-state index contributed by atoms with van der Waals surface area (Å²) >= 11 is 5.95. The largest absolute Gasteiger partial charge is 0.491 e. The van der Waals surface area contributed by atoms with Crippen molar-refractivity contribution in [3.63, 3.8) is 0 Å². The Kier molecular flexibility index (Phi) is 5.48. The average Bonchev–Trinajstić information content (AvgIpc) is 2.67. The third-order valence-electron chi connectivity index (χ3n) is 3.73. The van der Waals surface area contributed by atoms with E-state index in [2.05, 4.69) is 0 Å². The van der Waals surface area contributed by atoms with Crippen LogP contribution in [-0.4, -0.2) is 12.1 Å². The maximum Gasteiger partial charge on any atom is 0.491 e. The van der Waals surface area contributed by atoms with E-state index in [9.17, 15) is 18.0 Å². The summed E-state index contributed by atoms with van der Waals surface area (Å²) < 4.78 is 44.6. The zero-order valence-electron chi connectivity index (χ0n) is 13.8. The first-order valence-electron chi connectivity index (χ1n) is 7.84. The Morgan fingerprint density at radius 3 is 1.56 bits per heavy atom. The molecule has 0 saturated heterocycles. The molecule has 0 N–H and O–H groups in total. The molecule has 7 heteroatoms. The van der Waals surface area contributed by atoms with Gasteiger partial charge in [-0.15, -0.1) is 0 Å². The van der Waals surface area contributed by atoms with E-state index >= 15 is 0 Å². The van der Waals surface area contributed by atoms with Crippen molar-refractivity contribution >= 4 is 27.9 Å². The molecule has 0 saturated carbocycles. The van der Waals surface area contributed by atoms with Crippen LogP contribution in [0, 0.1) is 0 Å². The van der Waals surface area contributed by atoms with Gasteiger partial charge >= 0.3 is 12.1 Å². The van der Waals surface area contributed by atoms with Gasteiger partial charge in [0.25, 0.3) is 0 Å². The van der Waals surface area contributed by atoms with E-state index in [0.717, 1.165) is 0 Å². The number of hydrogen-bond acceptors (Lipinski definition) is 2. The summed E-state index contributed by atoms with van der Waals surface area (Å²) in [6.07, 6.45) is -5.12. The van der Waals surface area contributed by atoms with E-state index in [-0.39, 0.29) is 0 Å². The lowest BCUT2D eigenvalue weighted by molar-refractivity contribution is -0.188. The molecular formula is C20H14ClF3O2S. The monoisotopic (exact) mass is 410 g/mol. The zero-order chi connectivity index (χ0) is 19.5. The molecule has 0 spiro atoms. The van der Waals surface area contributed by atoms with Crippen LogP contribution < -0.4 is 0 Å². The van der Waals surface area contributed by atoms with E-state index < -0.39 is 22.5 Å². The van der Waals surface area contributed by atoms with Crippen LogP contribution in [0.3, 0.4) is 0 Å². The predicted octanol–water partition coefficient (Wildman–Crippen LogP) is 6.64. The molecule has 0 heterocycles. The highest BCUT2D eigenvalue weighted by Gasteiger charge is 2.47. The number of benzene rings is 3. The quantitative estimate of drug-likeness (QED) is 0.481. The fourth-order valence-electron chi connectivity index (χ4n) is 2.56. The molecule has 0 amide bonds. The van der Waals surface area contributed by atoms with E-state index in [0.29, 0.717) is 19.7 Å². The van der Waals surface area contributed by atoms with Crippen molar-refractivity contribution in [1.29, 1.82) is 0 Å². The number of alkyl halides is 3. The Morgan fingerprint density at radius 1 is 0.741 bits per heavy atom. The SMILES string of the molecule is O=C(OS(c1ccccc1)(c1ccccc1)c1ccc(Cl)cc1)C(F)(F)F. The second-order valence-corrected chi connectivity index (χ2v) is 8.63. The molecule has 3 rings (SSSR count). The van der Waals surface area contributed by atoms with Gasteiger partial charge in [0.15, 0.2) is 0 Å². The highest BCUT2D eigenvalue weighted by atomic mass is 35.5. The molecule has 0 aliphatic rings. The normalized spacial score (nSPS) is 12.4. The summed E-state index contributed by atoms with van der Waals surface area (Å²) in [6, 6.07) is 23.2. The van der Waals surface area contributed by atoms with Gasteiger partial charge in [-0.25, -0.2) is 4.79 Å². The molecule has 27 heavy (non-hydrogen) atoms. The average molecular weight is 411 g/mol. The second-order valence-electron chi connectivity index (χ2n) is 5.50. The smallest absolute Gasteiger partial charge is 0.395 e. The van der Waals surface area contributed by atoms with Crippen LogP contribution in [0.25, 0.3) is 0 Å². The zero-order valence-corrected chi connectivity index (χ0v) is 15.4. The van der Waals surface area contributed by atoms with Crippen molar-refractivity contribution in [3.05, 3.63) is 90.0 Å². The fraction of sp³-hybridized carbons (Fsp3) is 0.0500. The van der Waals surface area contributed by atoms with E-state index in [4.69, 9.17) is 15.8 Å². The number of carbonyl (C=O) groups is 1. The van der Waals surface area contributed by atoms with Crippen LogP contribution >= 0.6 is 21.9 Å². The van der Waals surface area contributed by atoms with Gasteiger partial charge in [0.1, 0.15) is 0 Å². The standard InChI is InChI=1S/C20H14ClF3O2S/c21-15-11-13-18(14-12-15)27(16-7-3-1-4-8-16,17-9-5-2-6-10-17)26-19(25)20(22,23)24/h1-14H. The van der Waals surface area contributed by atoms with Gasteiger partial charge in [-0.2, -0.15) is 13.2 Å². The fourth-order valence-corrected chi connectivity index (χ4v) is 5.72. The Hall–Kier alpha value is -2.44. The third kappa shape index (κ3) is 3.96. The molecule has 0 aromatic heterocycles. The number of carbonyl (C=O) groups excluding carboxylic acids is 1. The van der Waals surface area contributed by atoms with Crippen LogP contribution in [0.2, 0.25) is 5.02 Å². The number of halogens is 4. The molecule has 0 bridgehead atoms. The van der Waals surface area contributed by atoms with Crippen LogP contribution in [0.5, 0.6) is 0 Å². The van der Waals surface area contributed by atoms with E-state index in [1.54, 1.807) is 84.9 Å². The van der Waals surface area contributed by atoms with Crippen molar-refractivity contribution in [2.75, 3.05) is 0 Å². The molecule has 0 unspecified atom stereocenters. The molecule has 0 aliphatic heterocycles. The van der Waals surface area contributed by atoms with Crippen LogP contribution in [0.15, 0.2) is 99.6 Å². The maximum atomic E-state index is 13.1. The minimum absolute atomic E-state index is 0.426. The van der Waals surface area contributed by atoms with Gasteiger partial charge in [0.05, 0.1) is 0 Å².